The zero-order chi connectivity index (χ0) is 15.1. The van der Waals surface area contributed by atoms with Crippen LogP contribution in [0.4, 0.5) is 0 Å². The predicted molar refractivity (Wildman–Crippen MR) is 78.5 cm³/mol. The summed E-state index contributed by atoms with van der Waals surface area (Å²) in [5.74, 6) is -0.0494. The van der Waals surface area contributed by atoms with Gasteiger partial charge in [0, 0.05) is 29.3 Å². The van der Waals surface area contributed by atoms with Crippen LogP contribution in [-0.4, -0.2) is 32.3 Å². The van der Waals surface area contributed by atoms with Crippen molar-refractivity contribution in [2.45, 2.75) is 32.1 Å². The molecule has 1 aromatic rings. The molecule has 4 nitrogen and oxygen atoms in total. The van der Waals surface area contributed by atoms with Crippen LogP contribution < -0.4 is 0 Å². The first kappa shape index (κ1) is 15.3. The van der Waals surface area contributed by atoms with Gasteiger partial charge in [-0.25, -0.2) is 8.42 Å². The highest BCUT2D eigenvalue weighted by Crippen LogP contribution is 2.30. The van der Waals surface area contributed by atoms with Crippen molar-refractivity contribution in [3.63, 3.8) is 0 Å². The van der Waals surface area contributed by atoms with Crippen LogP contribution in [0.25, 0.3) is 0 Å². The van der Waals surface area contributed by atoms with Crippen LogP contribution in [0.3, 0.4) is 0 Å². The lowest BCUT2D eigenvalue weighted by atomic mass is 9.93. The van der Waals surface area contributed by atoms with Crippen molar-refractivity contribution in [1.29, 1.82) is 0 Å². The number of rotatable bonds is 2. The predicted octanol–water partition coefficient (Wildman–Crippen LogP) is 2.79. The van der Waals surface area contributed by atoms with Crippen molar-refractivity contribution in [1.82, 2.24) is 4.90 Å². The van der Waals surface area contributed by atoms with E-state index in [1.165, 1.54) is 18.2 Å². The van der Waals surface area contributed by atoms with Crippen molar-refractivity contribution in [3.05, 3.63) is 29.3 Å². The number of aryl methyl sites for hydroxylation is 1. The molecule has 6 heteroatoms. The lowest BCUT2D eigenvalue weighted by Gasteiger charge is -2.20. The van der Waals surface area contributed by atoms with E-state index >= 15 is 0 Å². The van der Waals surface area contributed by atoms with Gasteiger partial charge in [-0.3, -0.25) is 4.79 Å². The second-order valence-corrected chi connectivity index (χ2v) is 8.62. The molecule has 1 saturated heterocycles. The molecular weight excluding hydrogens is 298 g/mol. The van der Waals surface area contributed by atoms with Crippen LogP contribution in [-0.2, 0) is 9.05 Å². The monoisotopic (exact) mass is 315 g/mol. The number of benzene rings is 1. The van der Waals surface area contributed by atoms with E-state index in [9.17, 15) is 13.2 Å². The van der Waals surface area contributed by atoms with Crippen LogP contribution in [0.2, 0.25) is 0 Å². The molecule has 1 aliphatic rings. The molecule has 0 aromatic heterocycles. The van der Waals surface area contributed by atoms with E-state index in [4.69, 9.17) is 10.7 Å². The zero-order valence-electron chi connectivity index (χ0n) is 11.8. The number of halogens is 1. The first-order valence-corrected chi connectivity index (χ1v) is 8.76. The summed E-state index contributed by atoms with van der Waals surface area (Å²) in [5.41, 5.74) is 1.30. The Morgan fingerprint density at radius 1 is 1.35 bits per heavy atom. The van der Waals surface area contributed by atoms with Gasteiger partial charge in [0.25, 0.3) is 15.0 Å². The number of nitrogens with zero attached hydrogens (tertiary/aromatic N) is 1. The maximum Gasteiger partial charge on any atom is 0.261 e. The van der Waals surface area contributed by atoms with Crippen LogP contribution in [0.1, 0.15) is 36.2 Å². The average Bonchev–Trinajstić information content (AvgIpc) is 2.67. The minimum Gasteiger partial charge on any atom is -0.338 e. The highest BCUT2D eigenvalue weighted by atomic mass is 35.7. The molecular formula is C14H18ClNO3S. The molecule has 0 radical (unpaired) electrons. The van der Waals surface area contributed by atoms with Crippen LogP contribution >= 0.6 is 10.7 Å². The Balaban J connectivity index is 2.28. The van der Waals surface area contributed by atoms with E-state index in [1.54, 1.807) is 6.92 Å². The lowest BCUT2D eigenvalue weighted by molar-refractivity contribution is 0.0777. The van der Waals surface area contributed by atoms with Gasteiger partial charge in [-0.15, -0.1) is 0 Å². The van der Waals surface area contributed by atoms with E-state index in [0.717, 1.165) is 19.5 Å². The summed E-state index contributed by atoms with van der Waals surface area (Å²) in [7, 11) is 1.55. The summed E-state index contributed by atoms with van der Waals surface area (Å²) in [5, 5.41) is 0. The molecule has 0 unspecified atom stereocenters. The van der Waals surface area contributed by atoms with Crippen molar-refractivity contribution in [2.75, 3.05) is 13.1 Å². The molecule has 20 heavy (non-hydrogen) atoms. The molecule has 1 aromatic carbocycles. The Hall–Kier alpha value is -1.07. The number of carbonyl (C=O) groups is 1. The average molecular weight is 316 g/mol. The topological polar surface area (TPSA) is 54.5 Å². The molecule has 110 valence electrons. The second kappa shape index (κ2) is 5.04. The summed E-state index contributed by atoms with van der Waals surface area (Å²) in [6.45, 7) is 7.45. The Bertz CT molecular complexity index is 652. The summed E-state index contributed by atoms with van der Waals surface area (Å²) in [4.78, 5) is 14.3. The highest BCUT2D eigenvalue weighted by molar-refractivity contribution is 8.13. The van der Waals surface area contributed by atoms with Gasteiger partial charge in [0.05, 0.1) is 4.90 Å². The third-order valence-electron chi connectivity index (χ3n) is 3.67. The van der Waals surface area contributed by atoms with Crippen molar-refractivity contribution in [2.24, 2.45) is 5.41 Å². The van der Waals surface area contributed by atoms with E-state index in [1.807, 2.05) is 4.90 Å². The third-order valence-corrected chi connectivity index (χ3v) is 5.03. The van der Waals surface area contributed by atoms with E-state index < -0.39 is 9.05 Å². The smallest absolute Gasteiger partial charge is 0.261 e. The molecule has 0 saturated carbocycles. The fraction of sp³-hybridized carbons (Fsp3) is 0.500. The normalized spacial score (nSPS) is 18.3. The van der Waals surface area contributed by atoms with E-state index in [2.05, 4.69) is 13.8 Å². The molecule has 0 bridgehead atoms. The van der Waals surface area contributed by atoms with Crippen LogP contribution in [0, 0.1) is 12.3 Å². The number of carbonyl (C=O) groups excluding carboxylic acids is 1. The van der Waals surface area contributed by atoms with Crippen molar-refractivity contribution in [3.8, 4) is 0 Å². The summed E-state index contributed by atoms with van der Waals surface area (Å²) in [6, 6.07) is 4.36. The SMILES string of the molecule is Cc1cc(S(=O)(=O)Cl)ccc1C(=O)N1CCC(C)(C)C1. The Labute approximate surface area is 124 Å². The van der Waals surface area contributed by atoms with E-state index in [0.29, 0.717) is 11.1 Å². The number of hydrogen-bond acceptors (Lipinski definition) is 3. The molecule has 1 fully saturated rings. The number of hydrogen-bond donors (Lipinski definition) is 0. The zero-order valence-corrected chi connectivity index (χ0v) is 13.4. The van der Waals surface area contributed by atoms with Crippen molar-refractivity contribution >= 4 is 25.6 Å². The summed E-state index contributed by atoms with van der Waals surface area (Å²) in [6.07, 6.45) is 0.978. The first-order valence-electron chi connectivity index (χ1n) is 6.45. The molecule has 0 aliphatic carbocycles. The quantitative estimate of drug-likeness (QED) is 0.789. The molecule has 1 heterocycles. The van der Waals surface area contributed by atoms with Gasteiger partial charge in [0.2, 0.25) is 0 Å². The molecule has 1 aliphatic heterocycles. The largest absolute Gasteiger partial charge is 0.338 e. The Morgan fingerprint density at radius 3 is 2.45 bits per heavy atom. The molecule has 0 atom stereocenters. The summed E-state index contributed by atoms with van der Waals surface area (Å²) < 4.78 is 22.6. The fourth-order valence-electron chi connectivity index (χ4n) is 2.48. The fourth-order valence-corrected chi connectivity index (χ4v) is 3.32. The number of amides is 1. The van der Waals surface area contributed by atoms with E-state index in [-0.39, 0.29) is 16.2 Å². The maximum absolute atomic E-state index is 12.5. The first-order chi connectivity index (χ1) is 9.10. The third kappa shape index (κ3) is 3.15. The van der Waals surface area contributed by atoms with Crippen LogP contribution in [0.5, 0.6) is 0 Å². The molecule has 1 amide bonds. The second-order valence-electron chi connectivity index (χ2n) is 6.06. The summed E-state index contributed by atoms with van der Waals surface area (Å²) >= 11 is 0. The number of likely N-dealkylation sites (tertiary alicyclic amines) is 1. The minimum atomic E-state index is -3.76. The van der Waals surface area contributed by atoms with Gasteiger partial charge >= 0.3 is 0 Å². The molecule has 0 spiro atoms. The van der Waals surface area contributed by atoms with Gasteiger partial charge in [0.15, 0.2) is 0 Å². The van der Waals surface area contributed by atoms with Gasteiger partial charge in [0.1, 0.15) is 0 Å². The molecule has 2 rings (SSSR count). The standard InChI is InChI=1S/C14H18ClNO3S/c1-10-8-11(20(15,18)19)4-5-12(10)13(17)16-7-6-14(2,3)9-16/h4-5,8H,6-7,9H2,1-3H3. The van der Waals surface area contributed by atoms with Crippen molar-refractivity contribution < 1.29 is 13.2 Å². The minimum absolute atomic E-state index is 0.0231. The van der Waals surface area contributed by atoms with Crippen LogP contribution in [0.15, 0.2) is 23.1 Å². The highest BCUT2D eigenvalue weighted by Gasteiger charge is 2.32. The van der Waals surface area contributed by atoms with Gasteiger partial charge < -0.3 is 4.90 Å². The lowest BCUT2D eigenvalue weighted by Crippen LogP contribution is -2.30. The van der Waals surface area contributed by atoms with Gasteiger partial charge in [-0.2, -0.15) is 0 Å². The Kier molecular flexibility index (Phi) is 3.86. The maximum atomic E-state index is 12.5. The molecule has 0 N–H and O–H groups in total. The van der Waals surface area contributed by atoms with Gasteiger partial charge in [-0.05, 0) is 42.5 Å². The Morgan fingerprint density at radius 2 is 2.00 bits per heavy atom. The van der Waals surface area contributed by atoms with Gasteiger partial charge in [-0.1, -0.05) is 13.8 Å².